The molecule has 0 aliphatic rings. The maximum Gasteiger partial charge on any atom is 0.387 e. The van der Waals surface area contributed by atoms with Gasteiger partial charge in [-0.15, -0.1) is 0 Å². The molecule has 0 aliphatic carbocycles. The molecule has 144 valence electrons. The van der Waals surface area contributed by atoms with E-state index in [-0.39, 0.29) is 5.75 Å². The fraction of sp³-hybridized carbons (Fsp3) is 0.150. The van der Waals surface area contributed by atoms with Gasteiger partial charge in [0, 0.05) is 11.8 Å². The van der Waals surface area contributed by atoms with E-state index >= 15 is 0 Å². The summed E-state index contributed by atoms with van der Waals surface area (Å²) in [6.07, 6.45) is 1.49. The van der Waals surface area contributed by atoms with E-state index in [0.29, 0.717) is 16.8 Å². The van der Waals surface area contributed by atoms with Gasteiger partial charge < -0.3 is 14.8 Å². The number of hydrogen-bond donors (Lipinski definition) is 1. The van der Waals surface area contributed by atoms with Gasteiger partial charge in [0.25, 0.3) is 5.91 Å². The third-order valence-corrected chi connectivity index (χ3v) is 3.46. The van der Waals surface area contributed by atoms with Crippen molar-refractivity contribution in [1.29, 1.82) is 5.26 Å². The number of ether oxygens (including phenoxy) is 2. The molecule has 1 unspecified atom stereocenters. The van der Waals surface area contributed by atoms with Crippen molar-refractivity contribution in [2.24, 2.45) is 0 Å². The van der Waals surface area contributed by atoms with E-state index < -0.39 is 24.6 Å². The maximum absolute atomic E-state index is 12.1. The molecule has 2 rings (SSSR count). The van der Waals surface area contributed by atoms with Gasteiger partial charge in [-0.05, 0) is 55.0 Å². The van der Waals surface area contributed by atoms with E-state index in [4.69, 9.17) is 10.00 Å². The fourth-order valence-electron chi connectivity index (χ4n) is 2.06. The highest BCUT2D eigenvalue weighted by atomic mass is 19.3. The third-order valence-electron chi connectivity index (χ3n) is 3.46. The van der Waals surface area contributed by atoms with Crippen LogP contribution >= 0.6 is 0 Å². The molecule has 6 nitrogen and oxygen atoms in total. The van der Waals surface area contributed by atoms with Crippen LogP contribution in [0.4, 0.5) is 14.5 Å². The number of carbonyl (C=O) groups is 2. The molecule has 0 radical (unpaired) electrons. The lowest BCUT2D eigenvalue weighted by Gasteiger charge is -2.12. The van der Waals surface area contributed by atoms with Crippen LogP contribution in [-0.2, 0) is 14.3 Å². The third kappa shape index (κ3) is 6.53. The standard InChI is InChI=1S/C20H16F2N2O4/c1-13(19(26)24-16-7-2-15(12-23)3-8-16)27-18(25)11-6-14-4-9-17(10-5-14)28-20(21)22/h2-11,13,20H,1H3,(H,24,26)/b11-6+. The predicted octanol–water partition coefficient (Wildman–Crippen LogP) is 3.74. The molecular formula is C20H16F2N2O4. The first kappa shape index (κ1) is 20.6. The van der Waals surface area contributed by atoms with Gasteiger partial charge in [0.05, 0.1) is 11.6 Å². The number of anilines is 1. The predicted molar refractivity (Wildman–Crippen MR) is 97.4 cm³/mol. The van der Waals surface area contributed by atoms with Crippen LogP contribution in [0, 0.1) is 11.3 Å². The molecule has 0 heterocycles. The van der Waals surface area contributed by atoms with E-state index in [9.17, 15) is 18.4 Å². The lowest BCUT2D eigenvalue weighted by molar-refractivity contribution is -0.148. The van der Waals surface area contributed by atoms with E-state index in [1.54, 1.807) is 24.3 Å². The van der Waals surface area contributed by atoms with Crippen LogP contribution in [0.5, 0.6) is 5.75 Å². The van der Waals surface area contributed by atoms with Crippen molar-refractivity contribution in [2.75, 3.05) is 5.32 Å². The topological polar surface area (TPSA) is 88.4 Å². The van der Waals surface area contributed by atoms with Crippen molar-refractivity contribution in [2.45, 2.75) is 19.6 Å². The Kier molecular flexibility index (Phi) is 7.22. The summed E-state index contributed by atoms with van der Waals surface area (Å²) in [6, 6.07) is 13.8. The van der Waals surface area contributed by atoms with Crippen molar-refractivity contribution in [1.82, 2.24) is 0 Å². The van der Waals surface area contributed by atoms with Gasteiger partial charge in [-0.2, -0.15) is 14.0 Å². The molecule has 0 saturated carbocycles. The Bertz CT molecular complexity index is 888. The Labute approximate surface area is 160 Å². The maximum atomic E-state index is 12.1. The number of rotatable bonds is 7. The van der Waals surface area contributed by atoms with E-state index in [1.807, 2.05) is 6.07 Å². The van der Waals surface area contributed by atoms with Crippen LogP contribution in [0.3, 0.4) is 0 Å². The number of nitriles is 1. The first-order valence-electron chi connectivity index (χ1n) is 8.12. The van der Waals surface area contributed by atoms with E-state index in [0.717, 1.165) is 6.08 Å². The number of benzene rings is 2. The Morgan fingerprint density at radius 1 is 1.11 bits per heavy atom. The zero-order valence-electron chi connectivity index (χ0n) is 14.8. The molecular weight excluding hydrogens is 370 g/mol. The molecule has 2 aromatic carbocycles. The second kappa shape index (κ2) is 9.83. The average Bonchev–Trinajstić information content (AvgIpc) is 2.67. The number of alkyl halides is 2. The first-order valence-corrected chi connectivity index (χ1v) is 8.12. The van der Waals surface area contributed by atoms with Gasteiger partial charge in [0.2, 0.25) is 0 Å². The van der Waals surface area contributed by atoms with Crippen LogP contribution in [-0.4, -0.2) is 24.6 Å². The van der Waals surface area contributed by atoms with Crippen molar-refractivity contribution < 1.29 is 27.8 Å². The molecule has 0 bridgehead atoms. The molecule has 1 atom stereocenters. The number of nitrogens with zero attached hydrogens (tertiary/aromatic N) is 1. The second-order valence-corrected chi connectivity index (χ2v) is 5.54. The van der Waals surface area contributed by atoms with Gasteiger partial charge in [-0.3, -0.25) is 4.79 Å². The van der Waals surface area contributed by atoms with Gasteiger partial charge in [0.1, 0.15) is 5.75 Å². The summed E-state index contributed by atoms with van der Waals surface area (Å²) in [5.41, 5.74) is 1.48. The number of amides is 1. The van der Waals surface area contributed by atoms with Crippen LogP contribution in [0.15, 0.2) is 54.6 Å². The summed E-state index contributed by atoms with van der Waals surface area (Å²) in [6.45, 7) is -1.49. The quantitative estimate of drug-likeness (QED) is 0.578. The molecule has 0 aromatic heterocycles. The minimum Gasteiger partial charge on any atom is -0.449 e. The van der Waals surface area contributed by atoms with Crippen LogP contribution in [0.2, 0.25) is 0 Å². The van der Waals surface area contributed by atoms with Crippen LogP contribution in [0.25, 0.3) is 6.08 Å². The highest BCUT2D eigenvalue weighted by molar-refractivity contribution is 5.96. The summed E-state index contributed by atoms with van der Waals surface area (Å²) in [5, 5.41) is 11.3. The summed E-state index contributed by atoms with van der Waals surface area (Å²) in [5.74, 6) is -1.27. The zero-order chi connectivity index (χ0) is 20.5. The monoisotopic (exact) mass is 386 g/mol. The summed E-state index contributed by atoms with van der Waals surface area (Å²) in [4.78, 5) is 23.9. The first-order chi connectivity index (χ1) is 13.4. The Morgan fingerprint density at radius 2 is 1.75 bits per heavy atom. The molecule has 0 fully saturated rings. The molecule has 0 saturated heterocycles. The Balaban J connectivity index is 1.86. The lowest BCUT2D eigenvalue weighted by Crippen LogP contribution is -2.29. The Morgan fingerprint density at radius 3 is 2.32 bits per heavy atom. The number of halogens is 2. The van der Waals surface area contributed by atoms with Gasteiger partial charge in [-0.1, -0.05) is 12.1 Å². The average molecular weight is 386 g/mol. The number of hydrogen-bond acceptors (Lipinski definition) is 5. The second-order valence-electron chi connectivity index (χ2n) is 5.54. The van der Waals surface area contributed by atoms with Crippen molar-refractivity contribution in [3.05, 3.63) is 65.7 Å². The molecule has 0 spiro atoms. The largest absolute Gasteiger partial charge is 0.449 e. The molecule has 2 aromatic rings. The van der Waals surface area contributed by atoms with E-state index in [1.165, 1.54) is 37.3 Å². The number of esters is 1. The summed E-state index contributed by atoms with van der Waals surface area (Å²) < 4.78 is 33.4. The summed E-state index contributed by atoms with van der Waals surface area (Å²) in [7, 11) is 0. The molecule has 8 heteroatoms. The number of nitrogens with one attached hydrogen (secondary N) is 1. The molecule has 1 N–H and O–H groups in total. The SMILES string of the molecule is CC(OC(=O)/C=C/c1ccc(OC(F)F)cc1)C(=O)Nc1ccc(C#N)cc1. The summed E-state index contributed by atoms with van der Waals surface area (Å²) >= 11 is 0. The normalized spacial score (nSPS) is 11.7. The van der Waals surface area contributed by atoms with Crippen LogP contribution in [0.1, 0.15) is 18.1 Å². The van der Waals surface area contributed by atoms with E-state index in [2.05, 4.69) is 10.1 Å². The van der Waals surface area contributed by atoms with Crippen molar-refractivity contribution in [3.63, 3.8) is 0 Å². The smallest absolute Gasteiger partial charge is 0.387 e. The highest BCUT2D eigenvalue weighted by Gasteiger charge is 2.16. The minimum atomic E-state index is -2.91. The fourth-order valence-corrected chi connectivity index (χ4v) is 2.06. The van der Waals surface area contributed by atoms with Gasteiger partial charge in [-0.25, -0.2) is 4.79 Å². The molecule has 0 aliphatic heterocycles. The van der Waals surface area contributed by atoms with Gasteiger partial charge in [0.15, 0.2) is 6.10 Å². The molecule has 1 amide bonds. The van der Waals surface area contributed by atoms with Crippen LogP contribution < -0.4 is 10.1 Å². The highest BCUT2D eigenvalue weighted by Crippen LogP contribution is 2.16. The van der Waals surface area contributed by atoms with Crippen molar-refractivity contribution in [3.8, 4) is 11.8 Å². The zero-order valence-corrected chi connectivity index (χ0v) is 14.8. The van der Waals surface area contributed by atoms with Crippen molar-refractivity contribution >= 4 is 23.6 Å². The lowest BCUT2D eigenvalue weighted by atomic mass is 10.2. The minimum absolute atomic E-state index is 0.00261. The Hall–Kier alpha value is -3.73. The molecule has 28 heavy (non-hydrogen) atoms. The number of carbonyl (C=O) groups excluding carboxylic acids is 2. The van der Waals surface area contributed by atoms with Gasteiger partial charge >= 0.3 is 12.6 Å².